The van der Waals surface area contributed by atoms with Gasteiger partial charge in [0.05, 0.1) is 12.0 Å². The summed E-state index contributed by atoms with van der Waals surface area (Å²) in [4.78, 5) is 21.9. The molecular formula is C12H16N2O5. The van der Waals surface area contributed by atoms with Gasteiger partial charge in [-0.1, -0.05) is 0 Å². The molecule has 19 heavy (non-hydrogen) atoms. The summed E-state index contributed by atoms with van der Waals surface area (Å²) in [7, 11) is 1.31. The lowest BCUT2D eigenvalue weighted by atomic mass is 10.1. The predicted molar refractivity (Wildman–Crippen MR) is 68.3 cm³/mol. The number of nitrogens with zero attached hydrogens (tertiary/aromatic N) is 1. The van der Waals surface area contributed by atoms with Crippen LogP contribution in [0.25, 0.3) is 0 Å². The highest BCUT2D eigenvalue weighted by molar-refractivity contribution is 5.95. The third kappa shape index (κ3) is 4.22. The van der Waals surface area contributed by atoms with Gasteiger partial charge >= 0.3 is 5.69 Å². The van der Waals surface area contributed by atoms with Crippen LogP contribution in [0.4, 0.5) is 5.69 Å². The number of amides is 1. The van der Waals surface area contributed by atoms with Gasteiger partial charge in [0.25, 0.3) is 5.91 Å². The van der Waals surface area contributed by atoms with E-state index in [9.17, 15) is 14.9 Å². The van der Waals surface area contributed by atoms with E-state index in [-0.39, 0.29) is 24.0 Å². The SMILES string of the molecule is COc1cc(C(=O)NCCCCO)ccc1[N+](=O)[O-]. The molecule has 0 aliphatic rings. The van der Waals surface area contributed by atoms with E-state index in [1.807, 2.05) is 0 Å². The molecule has 0 atom stereocenters. The quantitative estimate of drug-likeness (QED) is 0.438. The highest BCUT2D eigenvalue weighted by Crippen LogP contribution is 2.27. The molecule has 0 aliphatic heterocycles. The summed E-state index contributed by atoms with van der Waals surface area (Å²) in [6.07, 6.45) is 1.29. The Kier molecular flexibility index (Phi) is 5.74. The van der Waals surface area contributed by atoms with Crippen molar-refractivity contribution in [3.8, 4) is 5.75 Å². The minimum atomic E-state index is -0.568. The number of carbonyl (C=O) groups excluding carboxylic acids is 1. The molecule has 0 bridgehead atoms. The highest BCUT2D eigenvalue weighted by Gasteiger charge is 2.17. The van der Waals surface area contributed by atoms with Crippen LogP contribution in [0, 0.1) is 10.1 Å². The second kappa shape index (κ2) is 7.32. The van der Waals surface area contributed by atoms with Crippen LogP contribution in [-0.4, -0.2) is 36.2 Å². The third-order valence-electron chi connectivity index (χ3n) is 2.51. The van der Waals surface area contributed by atoms with Crippen LogP contribution in [0.2, 0.25) is 0 Å². The van der Waals surface area contributed by atoms with E-state index in [2.05, 4.69) is 5.32 Å². The van der Waals surface area contributed by atoms with Crippen LogP contribution in [0.3, 0.4) is 0 Å². The summed E-state index contributed by atoms with van der Waals surface area (Å²) < 4.78 is 4.89. The average molecular weight is 268 g/mol. The smallest absolute Gasteiger partial charge is 0.310 e. The Hall–Kier alpha value is -2.15. The Morgan fingerprint density at radius 1 is 1.47 bits per heavy atom. The Labute approximate surface area is 110 Å². The standard InChI is InChI=1S/C12H16N2O5/c1-19-11-8-9(4-5-10(11)14(17)18)12(16)13-6-2-3-7-15/h4-5,8,15H,2-3,6-7H2,1H3,(H,13,16). The molecule has 7 nitrogen and oxygen atoms in total. The van der Waals surface area contributed by atoms with Crippen LogP contribution >= 0.6 is 0 Å². The maximum Gasteiger partial charge on any atom is 0.310 e. The average Bonchev–Trinajstić information content (AvgIpc) is 2.42. The number of nitro groups is 1. The van der Waals surface area contributed by atoms with Crippen molar-refractivity contribution < 1.29 is 19.6 Å². The Morgan fingerprint density at radius 3 is 2.79 bits per heavy atom. The molecule has 0 unspecified atom stereocenters. The van der Waals surface area contributed by atoms with Gasteiger partial charge in [-0.05, 0) is 18.9 Å². The first-order chi connectivity index (χ1) is 9.10. The van der Waals surface area contributed by atoms with Gasteiger partial charge in [0.1, 0.15) is 0 Å². The van der Waals surface area contributed by atoms with E-state index in [0.29, 0.717) is 24.9 Å². The van der Waals surface area contributed by atoms with Gasteiger partial charge in [-0.15, -0.1) is 0 Å². The summed E-state index contributed by atoms with van der Waals surface area (Å²) in [6.45, 7) is 0.528. The van der Waals surface area contributed by atoms with Crippen molar-refractivity contribution in [2.45, 2.75) is 12.8 Å². The molecule has 1 aromatic rings. The normalized spacial score (nSPS) is 10.0. The van der Waals surface area contributed by atoms with Crippen LogP contribution in [0.1, 0.15) is 23.2 Å². The summed E-state index contributed by atoms with van der Waals surface area (Å²) in [5.41, 5.74) is 0.116. The van der Waals surface area contributed by atoms with Crippen LogP contribution in [0.5, 0.6) is 5.75 Å². The lowest BCUT2D eigenvalue weighted by molar-refractivity contribution is -0.385. The Balaban J connectivity index is 2.73. The second-order valence-corrected chi connectivity index (χ2v) is 3.83. The molecule has 0 fully saturated rings. The molecule has 0 saturated heterocycles. The van der Waals surface area contributed by atoms with Crippen molar-refractivity contribution in [1.82, 2.24) is 5.32 Å². The molecule has 104 valence electrons. The molecule has 0 aliphatic carbocycles. The maximum atomic E-state index is 11.8. The zero-order valence-corrected chi connectivity index (χ0v) is 10.6. The number of hydrogen-bond donors (Lipinski definition) is 2. The minimum absolute atomic E-state index is 0.0491. The molecule has 1 aromatic carbocycles. The molecule has 1 rings (SSSR count). The lowest BCUT2D eigenvalue weighted by Crippen LogP contribution is -2.24. The number of unbranched alkanes of at least 4 members (excludes halogenated alkanes) is 1. The van der Waals surface area contributed by atoms with Gasteiger partial charge in [0.2, 0.25) is 0 Å². The number of rotatable bonds is 7. The first-order valence-corrected chi connectivity index (χ1v) is 5.81. The topological polar surface area (TPSA) is 102 Å². The fourth-order valence-electron chi connectivity index (χ4n) is 1.51. The zero-order valence-electron chi connectivity index (χ0n) is 10.6. The first kappa shape index (κ1) is 14.9. The van der Waals surface area contributed by atoms with Gasteiger partial charge in [-0.2, -0.15) is 0 Å². The van der Waals surface area contributed by atoms with Crippen LogP contribution in [-0.2, 0) is 0 Å². The third-order valence-corrected chi connectivity index (χ3v) is 2.51. The van der Waals surface area contributed by atoms with Crippen LogP contribution in [0.15, 0.2) is 18.2 Å². The molecule has 2 N–H and O–H groups in total. The first-order valence-electron chi connectivity index (χ1n) is 5.81. The summed E-state index contributed by atoms with van der Waals surface area (Å²) >= 11 is 0. The highest BCUT2D eigenvalue weighted by atomic mass is 16.6. The number of nitrogens with one attached hydrogen (secondary N) is 1. The molecular weight excluding hydrogens is 252 g/mol. The Morgan fingerprint density at radius 2 is 2.21 bits per heavy atom. The number of nitro benzene ring substituents is 1. The molecule has 0 heterocycles. The molecule has 0 radical (unpaired) electrons. The van der Waals surface area contributed by atoms with Gasteiger partial charge in [0.15, 0.2) is 5.75 Å². The largest absolute Gasteiger partial charge is 0.490 e. The number of methoxy groups -OCH3 is 1. The summed E-state index contributed by atoms with van der Waals surface area (Å²) in [5.74, 6) is -0.279. The summed E-state index contributed by atoms with van der Waals surface area (Å²) in [6, 6.07) is 3.95. The molecule has 1 amide bonds. The maximum absolute atomic E-state index is 11.8. The monoisotopic (exact) mass is 268 g/mol. The van der Waals surface area contributed by atoms with E-state index in [1.54, 1.807) is 0 Å². The molecule has 7 heteroatoms. The van der Waals surface area contributed by atoms with Crippen LogP contribution < -0.4 is 10.1 Å². The number of benzene rings is 1. The minimum Gasteiger partial charge on any atom is -0.490 e. The fourth-order valence-corrected chi connectivity index (χ4v) is 1.51. The Bertz CT molecular complexity index is 461. The van der Waals surface area contributed by atoms with Gasteiger partial charge in [-0.3, -0.25) is 14.9 Å². The number of carbonyl (C=O) groups is 1. The zero-order chi connectivity index (χ0) is 14.3. The van der Waals surface area contributed by atoms with E-state index >= 15 is 0 Å². The van der Waals surface area contributed by atoms with Crippen molar-refractivity contribution >= 4 is 11.6 Å². The van der Waals surface area contributed by atoms with Crippen molar-refractivity contribution in [3.05, 3.63) is 33.9 Å². The fraction of sp³-hybridized carbons (Fsp3) is 0.417. The number of aliphatic hydroxyl groups excluding tert-OH is 1. The van der Waals surface area contributed by atoms with E-state index in [0.717, 1.165) is 0 Å². The van der Waals surface area contributed by atoms with Crippen molar-refractivity contribution in [3.63, 3.8) is 0 Å². The van der Waals surface area contributed by atoms with Crippen molar-refractivity contribution in [1.29, 1.82) is 0 Å². The number of ether oxygens (including phenoxy) is 1. The molecule has 0 aromatic heterocycles. The number of hydrogen-bond acceptors (Lipinski definition) is 5. The van der Waals surface area contributed by atoms with Gasteiger partial charge in [0, 0.05) is 30.8 Å². The van der Waals surface area contributed by atoms with E-state index < -0.39 is 4.92 Å². The number of aliphatic hydroxyl groups is 1. The van der Waals surface area contributed by atoms with Crippen molar-refractivity contribution in [2.24, 2.45) is 0 Å². The van der Waals surface area contributed by atoms with E-state index in [1.165, 1.54) is 25.3 Å². The van der Waals surface area contributed by atoms with E-state index in [4.69, 9.17) is 9.84 Å². The van der Waals surface area contributed by atoms with Gasteiger partial charge < -0.3 is 15.2 Å². The lowest BCUT2D eigenvalue weighted by Gasteiger charge is -2.06. The molecule has 0 spiro atoms. The second-order valence-electron chi connectivity index (χ2n) is 3.83. The van der Waals surface area contributed by atoms with Crippen molar-refractivity contribution in [2.75, 3.05) is 20.3 Å². The predicted octanol–water partition coefficient (Wildman–Crippen LogP) is 1.11. The molecule has 0 saturated carbocycles. The van der Waals surface area contributed by atoms with Gasteiger partial charge in [-0.25, -0.2) is 0 Å². The summed E-state index contributed by atoms with van der Waals surface area (Å²) in [5, 5.41) is 22.0.